The molecule has 1 aliphatic heterocycles. The number of rotatable bonds is 4. The zero-order chi connectivity index (χ0) is 18.3. The number of aromatic nitrogens is 2. The summed E-state index contributed by atoms with van der Waals surface area (Å²) in [5.41, 5.74) is -0.00531. The van der Waals surface area contributed by atoms with Gasteiger partial charge < -0.3 is 10.2 Å². The quantitative estimate of drug-likeness (QED) is 0.823. The van der Waals surface area contributed by atoms with Crippen molar-refractivity contribution in [2.24, 2.45) is 0 Å². The molecule has 4 rings (SSSR count). The van der Waals surface area contributed by atoms with Crippen molar-refractivity contribution < 1.29 is 14.4 Å². The van der Waals surface area contributed by atoms with E-state index < -0.39 is 5.54 Å². The van der Waals surface area contributed by atoms with Gasteiger partial charge >= 0.3 is 6.03 Å². The number of hydrogen-bond donors (Lipinski definition) is 1. The summed E-state index contributed by atoms with van der Waals surface area (Å²) in [4.78, 5) is 45.6. The first-order valence-electron chi connectivity index (χ1n) is 8.79. The molecule has 0 radical (unpaired) electrons. The zero-order valence-corrected chi connectivity index (χ0v) is 15.4. The van der Waals surface area contributed by atoms with Crippen molar-refractivity contribution >= 4 is 34.1 Å². The predicted octanol–water partition coefficient (Wildman–Crippen LogP) is 1.61. The summed E-state index contributed by atoms with van der Waals surface area (Å²) >= 11 is 1.52. The van der Waals surface area contributed by atoms with Gasteiger partial charge in [-0.25, -0.2) is 9.78 Å². The van der Waals surface area contributed by atoms with Gasteiger partial charge in [0.25, 0.3) is 5.91 Å². The molecule has 1 saturated carbocycles. The van der Waals surface area contributed by atoms with Gasteiger partial charge in [-0.2, -0.15) is 0 Å². The summed E-state index contributed by atoms with van der Waals surface area (Å²) in [6.45, 7) is 0.0242. The predicted molar refractivity (Wildman–Crippen MR) is 95.6 cm³/mol. The van der Waals surface area contributed by atoms with E-state index in [2.05, 4.69) is 10.3 Å². The molecule has 1 saturated heterocycles. The average molecular weight is 375 g/mol. The first-order valence-corrected chi connectivity index (χ1v) is 9.67. The molecule has 8 nitrogen and oxygen atoms in total. The van der Waals surface area contributed by atoms with Gasteiger partial charge in [-0.1, -0.05) is 19.3 Å². The molecular weight excluding hydrogens is 354 g/mol. The van der Waals surface area contributed by atoms with Gasteiger partial charge in [0, 0.05) is 24.8 Å². The number of hydrogen-bond acceptors (Lipinski definition) is 5. The third kappa shape index (κ3) is 2.66. The lowest BCUT2D eigenvalue weighted by molar-refractivity contribution is -0.137. The number of nitrogens with one attached hydrogen (secondary N) is 1. The lowest BCUT2D eigenvalue weighted by Crippen LogP contribution is -2.49. The van der Waals surface area contributed by atoms with Crippen molar-refractivity contribution in [1.82, 2.24) is 24.5 Å². The second-order valence-corrected chi connectivity index (χ2v) is 7.80. The van der Waals surface area contributed by atoms with E-state index in [0.717, 1.165) is 34.8 Å². The maximum Gasteiger partial charge on any atom is 0.327 e. The number of fused-ring (bicyclic) bond motifs is 1. The zero-order valence-electron chi connectivity index (χ0n) is 14.6. The largest absolute Gasteiger partial charge is 0.349 e. The molecule has 0 aromatic carbocycles. The maximum absolute atomic E-state index is 12.9. The first-order chi connectivity index (χ1) is 12.5. The molecule has 1 N–H and O–H groups in total. The van der Waals surface area contributed by atoms with Crippen LogP contribution in [0.5, 0.6) is 0 Å². The van der Waals surface area contributed by atoms with E-state index in [0.29, 0.717) is 12.8 Å². The van der Waals surface area contributed by atoms with E-state index >= 15 is 0 Å². The van der Waals surface area contributed by atoms with Gasteiger partial charge in [0.15, 0.2) is 4.96 Å². The van der Waals surface area contributed by atoms with Crippen LogP contribution in [0.3, 0.4) is 0 Å². The summed E-state index contributed by atoms with van der Waals surface area (Å²) < 4.78 is 1.89. The minimum atomic E-state index is -0.746. The Morgan fingerprint density at radius 2 is 2.08 bits per heavy atom. The lowest BCUT2D eigenvalue weighted by atomic mass is 9.81. The Hall–Kier alpha value is -2.42. The Balaban J connectivity index is 1.39. The number of likely N-dealkylation sites (N-methyl/N-ethyl adjacent to an activating group) is 1. The van der Waals surface area contributed by atoms with Crippen LogP contribution in [-0.2, 0) is 16.1 Å². The van der Waals surface area contributed by atoms with E-state index in [1.807, 2.05) is 22.2 Å². The van der Waals surface area contributed by atoms with Gasteiger partial charge in [-0.3, -0.25) is 18.9 Å². The molecule has 1 spiro atoms. The molecule has 4 amide bonds. The molecule has 26 heavy (non-hydrogen) atoms. The molecule has 2 aromatic rings. The highest BCUT2D eigenvalue weighted by molar-refractivity contribution is 7.15. The van der Waals surface area contributed by atoms with Gasteiger partial charge in [-0.05, 0) is 12.8 Å². The van der Waals surface area contributed by atoms with E-state index in [4.69, 9.17) is 0 Å². The fourth-order valence-corrected chi connectivity index (χ4v) is 4.64. The SMILES string of the molecule is CN1C(=O)N(CC(=O)NCc2cn3ccsc3n2)C(=O)C12CCCCC2. The van der Waals surface area contributed by atoms with Gasteiger partial charge in [-0.15, -0.1) is 11.3 Å². The molecule has 138 valence electrons. The van der Waals surface area contributed by atoms with Crippen LogP contribution in [-0.4, -0.2) is 56.2 Å². The third-order valence-corrected chi connectivity index (χ3v) is 6.17. The standard InChI is InChI=1S/C17H21N5O3S/c1-20-16(25)22(14(24)17(20)5-3-2-4-6-17)11-13(23)18-9-12-10-21-7-8-26-15(21)19-12/h7-8,10H,2-6,9,11H2,1H3,(H,18,23). The van der Waals surface area contributed by atoms with Crippen LogP contribution in [0.1, 0.15) is 37.8 Å². The van der Waals surface area contributed by atoms with E-state index in [1.165, 1.54) is 16.2 Å². The second kappa shape index (κ2) is 6.39. The Morgan fingerprint density at radius 1 is 1.31 bits per heavy atom. The molecule has 1 aliphatic carbocycles. The number of thiazole rings is 1. The number of imide groups is 1. The molecule has 2 fully saturated rings. The van der Waals surface area contributed by atoms with Crippen LogP contribution in [0.15, 0.2) is 17.8 Å². The molecule has 0 atom stereocenters. The van der Waals surface area contributed by atoms with Gasteiger partial charge in [0.1, 0.15) is 12.1 Å². The van der Waals surface area contributed by atoms with Crippen molar-refractivity contribution in [2.45, 2.75) is 44.2 Å². The fourth-order valence-electron chi connectivity index (χ4n) is 3.92. The minimum absolute atomic E-state index is 0.234. The van der Waals surface area contributed by atoms with E-state index in [-0.39, 0.29) is 30.9 Å². The fraction of sp³-hybridized carbons (Fsp3) is 0.529. The number of nitrogens with zero attached hydrogens (tertiary/aromatic N) is 4. The van der Waals surface area contributed by atoms with Crippen LogP contribution >= 0.6 is 11.3 Å². The lowest BCUT2D eigenvalue weighted by Gasteiger charge is -2.35. The number of imidazole rings is 1. The van der Waals surface area contributed by atoms with Crippen molar-refractivity contribution in [3.63, 3.8) is 0 Å². The van der Waals surface area contributed by atoms with Crippen LogP contribution < -0.4 is 5.32 Å². The summed E-state index contributed by atoms with van der Waals surface area (Å²) in [6.07, 6.45) is 8.05. The van der Waals surface area contributed by atoms with Crippen LogP contribution in [0, 0.1) is 0 Å². The minimum Gasteiger partial charge on any atom is -0.349 e. The highest BCUT2D eigenvalue weighted by atomic mass is 32.1. The number of amides is 4. The molecule has 2 aromatic heterocycles. The second-order valence-electron chi connectivity index (χ2n) is 6.93. The molecule has 2 aliphatic rings. The average Bonchev–Trinajstić information content (AvgIpc) is 3.28. The Bertz CT molecular complexity index is 838. The van der Waals surface area contributed by atoms with Crippen molar-refractivity contribution in [1.29, 1.82) is 0 Å². The first kappa shape index (κ1) is 17.0. The van der Waals surface area contributed by atoms with Gasteiger partial charge in [0.2, 0.25) is 5.91 Å². The number of urea groups is 1. The smallest absolute Gasteiger partial charge is 0.327 e. The van der Waals surface area contributed by atoms with Crippen molar-refractivity contribution in [3.05, 3.63) is 23.5 Å². The maximum atomic E-state index is 12.9. The Kier molecular flexibility index (Phi) is 4.18. The molecular formula is C17H21N5O3S. The van der Waals surface area contributed by atoms with Crippen molar-refractivity contribution in [2.75, 3.05) is 13.6 Å². The summed E-state index contributed by atoms with van der Waals surface area (Å²) in [5.74, 6) is -0.591. The summed E-state index contributed by atoms with van der Waals surface area (Å²) in [6, 6.07) is -0.380. The molecule has 0 bridgehead atoms. The van der Waals surface area contributed by atoms with E-state index in [9.17, 15) is 14.4 Å². The Morgan fingerprint density at radius 3 is 2.81 bits per heavy atom. The van der Waals surface area contributed by atoms with E-state index in [1.54, 1.807) is 7.05 Å². The monoisotopic (exact) mass is 375 g/mol. The number of carbonyl (C=O) groups excluding carboxylic acids is 3. The van der Waals surface area contributed by atoms with Crippen molar-refractivity contribution in [3.8, 4) is 0 Å². The normalized spacial score (nSPS) is 19.7. The van der Waals surface area contributed by atoms with Crippen LogP contribution in [0.2, 0.25) is 0 Å². The van der Waals surface area contributed by atoms with Crippen LogP contribution in [0.25, 0.3) is 4.96 Å². The Labute approximate surface area is 154 Å². The summed E-state index contributed by atoms with van der Waals surface area (Å²) in [7, 11) is 1.67. The van der Waals surface area contributed by atoms with Crippen LogP contribution in [0.4, 0.5) is 4.79 Å². The van der Waals surface area contributed by atoms with Gasteiger partial charge in [0.05, 0.1) is 12.2 Å². The highest BCUT2D eigenvalue weighted by Crippen LogP contribution is 2.39. The molecule has 0 unspecified atom stereocenters. The highest BCUT2D eigenvalue weighted by Gasteiger charge is 2.55. The summed E-state index contributed by atoms with van der Waals surface area (Å²) in [5, 5.41) is 4.69. The third-order valence-electron chi connectivity index (χ3n) is 5.40. The molecule has 9 heteroatoms. The number of carbonyl (C=O) groups is 3. The molecule has 3 heterocycles. The topological polar surface area (TPSA) is 87.0 Å².